The van der Waals surface area contributed by atoms with E-state index in [4.69, 9.17) is 4.74 Å². The van der Waals surface area contributed by atoms with Crippen LogP contribution in [0.2, 0.25) is 0 Å². The topological polar surface area (TPSA) is 119 Å². The van der Waals surface area contributed by atoms with E-state index >= 15 is 4.39 Å². The molecule has 15 heteroatoms. The van der Waals surface area contributed by atoms with Gasteiger partial charge in [0.15, 0.2) is 0 Å². The summed E-state index contributed by atoms with van der Waals surface area (Å²) in [5, 5.41) is 3.10. The van der Waals surface area contributed by atoms with E-state index < -0.39 is 39.1 Å². The third-order valence-electron chi connectivity index (χ3n) is 8.16. The Kier molecular flexibility index (Phi) is 9.85. The number of piperidine rings is 1. The molecule has 1 amide bonds. The largest absolute Gasteiger partial charge is 0.444 e. The Morgan fingerprint density at radius 3 is 2.48 bits per heavy atom. The predicted octanol–water partition coefficient (Wildman–Crippen LogP) is 7.54. The summed E-state index contributed by atoms with van der Waals surface area (Å²) in [5.41, 5.74) is -1.75. The Morgan fingerprint density at radius 2 is 1.84 bits per heavy atom. The van der Waals surface area contributed by atoms with E-state index in [0.29, 0.717) is 18.5 Å². The highest BCUT2D eigenvalue weighted by Crippen LogP contribution is 2.38. The number of hydrogen-bond donors (Lipinski definition) is 1. The average Bonchev–Trinajstić information content (AvgIpc) is 3.42. The van der Waals surface area contributed by atoms with Crippen LogP contribution in [0.4, 0.5) is 28.3 Å². The SMILES string of the molecule is C=N/C=C(\c1nc(NC[C@@]2(F)CCCN(C(=O)OC(C)(C)C)C2)ncc1C)c1cn(S(=O)(=O)c2ccc(C)cc2)c2cc(C(F)(F)F)ccc12. The third-order valence-corrected chi connectivity index (χ3v) is 9.84. The van der Waals surface area contributed by atoms with E-state index in [1.165, 1.54) is 41.7 Å². The Morgan fingerprint density at radius 1 is 1.14 bits per heavy atom. The van der Waals surface area contributed by atoms with Gasteiger partial charge in [-0.15, -0.1) is 0 Å². The van der Waals surface area contributed by atoms with Gasteiger partial charge in [-0.3, -0.25) is 4.99 Å². The molecule has 4 aromatic rings. The fourth-order valence-corrected chi connectivity index (χ4v) is 7.07. The molecule has 10 nitrogen and oxygen atoms in total. The molecule has 0 bridgehead atoms. The normalized spacial score (nSPS) is 17.5. The fraction of sp³-hybridized carbons (Fsp3) is 0.371. The van der Waals surface area contributed by atoms with Crippen molar-refractivity contribution in [2.45, 2.75) is 69.8 Å². The van der Waals surface area contributed by atoms with E-state index in [-0.39, 0.29) is 58.1 Å². The number of anilines is 1. The van der Waals surface area contributed by atoms with Crippen molar-refractivity contribution in [2.75, 3.05) is 25.0 Å². The number of amides is 1. The number of rotatable bonds is 8. The van der Waals surface area contributed by atoms with Crippen LogP contribution in [0.25, 0.3) is 16.5 Å². The Labute approximate surface area is 287 Å². The third kappa shape index (κ3) is 7.82. The van der Waals surface area contributed by atoms with Gasteiger partial charge >= 0.3 is 12.3 Å². The second kappa shape index (κ2) is 13.5. The first kappa shape index (κ1) is 36.5. The fourth-order valence-electron chi connectivity index (χ4n) is 5.71. The molecule has 1 aliphatic rings. The zero-order valence-electron chi connectivity index (χ0n) is 28.3. The minimum atomic E-state index is -4.74. The number of fused-ring (bicyclic) bond motifs is 1. The number of halogens is 4. The molecule has 1 N–H and O–H groups in total. The lowest BCUT2D eigenvalue weighted by Gasteiger charge is -2.38. The molecule has 1 atom stereocenters. The van der Waals surface area contributed by atoms with Crippen LogP contribution in [0.5, 0.6) is 0 Å². The van der Waals surface area contributed by atoms with Gasteiger partial charge in [-0.1, -0.05) is 23.8 Å². The molecule has 50 heavy (non-hydrogen) atoms. The number of aromatic nitrogens is 3. The Bertz CT molecular complexity index is 2070. The predicted molar refractivity (Wildman–Crippen MR) is 183 cm³/mol. The summed E-state index contributed by atoms with van der Waals surface area (Å²) < 4.78 is 91.6. The number of carbonyl (C=O) groups is 1. The lowest BCUT2D eigenvalue weighted by Crippen LogP contribution is -2.52. The Balaban J connectivity index is 1.53. The maximum Gasteiger partial charge on any atom is 0.416 e. The summed E-state index contributed by atoms with van der Waals surface area (Å²) in [6.45, 7) is 12.1. The van der Waals surface area contributed by atoms with Gasteiger partial charge in [0.25, 0.3) is 10.0 Å². The quantitative estimate of drug-likeness (QED) is 0.148. The number of nitrogens with one attached hydrogen (secondary N) is 1. The number of ether oxygens (including phenoxy) is 1. The van der Waals surface area contributed by atoms with Gasteiger partial charge in [-0.25, -0.2) is 31.5 Å². The van der Waals surface area contributed by atoms with Gasteiger partial charge in [0, 0.05) is 41.7 Å². The molecular formula is C35H38F4N6O4S. The van der Waals surface area contributed by atoms with Gasteiger partial charge in [0.05, 0.1) is 34.8 Å². The maximum absolute atomic E-state index is 16.1. The van der Waals surface area contributed by atoms with Crippen LogP contribution in [-0.2, 0) is 20.9 Å². The van der Waals surface area contributed by atoms with E-state index in [1.54, 1.807) is 46.8 Å². The molecule has 5 rings (SSSR count). The summed E-state index contributed by atoms with van der Waals surface area (Å²) in [6, 6.07) is 8.82. The van der Waals surface area contributed by atoms with Crippen molar-refractivity contribution in [3.05, 3.63) is 89.0 Å². The lowest BCUT2D eigenvalue weighted by molar-refractivity contribution is -0.137. The van der Waals surface area contributed by atoms with Gasteiger partial charge in [0.1, 0.15) is 11.3 Å². The molecule has 2 aromatic carbocycles. The van der Waals surface area contributed by atoms with E-state index in [0.717, 1.165) is 21.7 Å². The van der Waals surface area contributed by atoms with Crippen LogP contribution < -0.4 is 5.32 Å². The molecule has 0 spiro atoms. The minimum Gasteiger partial charge on any atom is -0.444 e. The van der Waals surface area contributed by atoms with Crippen molar-refractivity contribution in [3.63, 3.8) is 0 Å². The van der Waals surface area contributed by atoms with E-state index in [9.17, 15) is 26.4 Å². The molecule has 1 fully saturated rings. The number of hydrogen-bond acceptors (Lipinski definition) is 8. The minimum absolute atomic E-state index is 0.0300. The number of aliphatic imine (C=N–C) groups is 1. The summed E-state index contributed by atoms with van der Waals surface area (Å²) in [7, 11) is -4.37. The summed E-state index contributed by atoms with van der Waals surface area (Å²) in [6.07, 6.45) is -0.715. The highest BCUT2D eigenvalue weighted by atomic mass is 32.2. The van der Waals surface area contributed by atoms with Crippen molar-refractivity contribution in [3.8, 4) is 0 Å². The van der Waals surface area contributed by atoms with Crippen LogP contribution in [0.15, 0.2) is 70.9 Å². The van der Waals surface area contributed by atoms with Crippen LogP contribution in [0.3, 0.4) is 0 Å². The Hall–Kier alpha value is -4.79. The standard InChI is InChI=1S/C35H38F4N6O4S/c1-22-8-11-25(12-9-22)50(47,48)45-19-28(26-13-10-24(16-29(26)45)35(37,38)39)27(18-40-6)30-23(2)17-41-31(43-30)42-20-34(36)14-7-15-44(21-34)32(46)49-33(3,4)5/h8-13,16-19H,6-7,14-15,20-21H2,1-5H3,(H,41,42,43)/b27-18-/t34-/m0/s1. The second-order valence-corrected chi connectivity index (χ2v) is 15.2. The molecule has 2 aromatic heterocycles. The van der Waals surface area contributed by atoms with E-state index in [1.807, 2.05) is 0 Å². The maximum atomic E-state index is 16.1. The highest BCUT2D eigenvalue weighted by Gasteiger charge is 2.39. The summed E-state index contributed by atoms with van der Waals surface area (Å²) >= 11 is 0. The number of carbonyl (C=O) groups excluding carboxylic acids is 1. The van der Waals surface area contributed by atoms with Gasteiger partial charge in [0.2, 0.25) is 5.95 Å². The number of benzene rings is 2. The average molecular weight is 715 g/mol. The van der Waals surface area contributed by atoms with E-state index in [2.05, 4.69) is 27.0 Å². The van der Waals surface area contributed by atoms with Crippen LogP contribution in [0.1, 0.15) is 61.6 Å². The van der Waals surface area contributed by atoms with Gasteiger partial charge < -0.3 is 15.0 Å². The van der Waals surface area contributed by atoms with Crippen molar-refractivity contribution in [1.29, 1.82) is 0 Å². The lowest BCUT2D eigenvalue weighted by atomic mass is 9.95. The molecular weight excluding hydrogens is 676 g/mol. The molecule has 0 radical (unpaired) electrons. The van der Waals surface area contributed by atoms with Crippen molar-refractivity contribution < 1.29 is 35.5 Å². The molecule has 1 saturated heterocycles. The monoisotopic (exact) mass is 714 g/mol. The molecule has 266 valence electrons. The van der Waals surface area contributed by atoms with Crippen molar-refractivity contribution >= 4 is 45.3 Å². The first-order valence-corrected chi connectivity index (χ1v) is 17.2. The number of alkyl halides is 4. The first-order valence-electron chi connectivity index (χ1n) is 15.8. The van der Waals surface area contributed by atoms with Gasteiger partial charge in [-0.2, -0.15) is 13.2 Å². The highest BCUT2D eigenvalue weighted by molar-refractivity contribution is 7.90. The smallest absolute Gasteiger partial charge is 0.416 e. The zero-order valence-corrected chi connectivity index (χ0v) is 29.1. The molecule has 0 aliphatic carbocycles. The summed E-state index contributed by atoms with van der Waals surface area (Å²) in [4.78, 5) is 26.6. The number of aryl methyl sites for hydroxylation is 2. The van der Waals surface area contributed by atoms with Crippen LogP contribution >= 0.6 is 0 Å². The molecule has 0 saturated carbocycles. The van der Waals surface area contributed by atoms with Gasteiger partial charge in [-0.05, 0) is 84.0 Å². The first-order chi connectivity index (χ1) is 23.3. The summed E-state index contributed by atoms with van der Waals surface area (Å²) in [5.74, 6) is 0.0300. The van der Waals surface area contributed by atoms with Crippen molar-refractivity contribution in [2.24, 2.45) is 4.99 Å². The van der Waals surface area contributed by atoms with Crippen molar-refractivity contribution in [1.82, 2.24) is 18.8 Å². The zero-order chi connectivity index (χ0) is 36.6. The molecule has 0 unspecified atom stereocenters. The van der Waals surface area contributed by atoms with Crippen LogP contribution in [-0.4, -0.2) is 71.0 Å². The number of likely N-dealkylation sites (tertiary alicyclic amines) is 1. The second-order valence-electron chi connectivity index (χ2n) is 13.3. The molecule has 1 aliphatic heterocycles. The number of nitrogens with zero attached hydrogens (tertiary/aromatic N) is 5. The van der Waals surface area contributed by atoms with Crippen LogP contribution in [0, 0.1) is 13.8 Å². The molecule has 3 heterocycles.